The number of carbonyl (C=O) groups excluding carboxylic acids is 1. The van der Waals surface area contributed by atoms with Crippen molar-refractivity contribution in [3.63, 3.8) is 0 Å². The Kier molecular flexibility index (Phi) is 6.65. The van der Waals surface area contributed by atoms with Crippen LogP contribution in [0, 0.1) is 0 Å². The molecule has 6 nitrogen and oxygen atoms in total. The zero-order valence-corrected chi connectivity index (χ0v) is 16.2. The molecule has 144 valence electrons. The van der Waals surface area contributed by atoms with Crippen molar-refractivity contribution in [2.45, 2.75) is 38.0 Å². The normalized spacial score (nSPS) is 18.3. The quantitative estimate of drug-likeness (QED) is 0.624. The Balaban J connectivity index is 1.57. The van der Waals surface area contributed by atoms with Crippen molar-refractivity contribution in [3.05, 3.63) is 51.6 Å². The standard InChI is InChI=1S/C19H21NO5S2/c21-15(9-13-7-8-26-12-13)3-1-14-2-5-17(22)20(14)10-16-4-6-19(27-16)25-11-18(23)24/h1,3-4,6-8,12,14-15,21H,2,5,9-11H2,(H,23,24)/b3-1+. The minimum Gasteiger partial charge on any atom is -0.479 e. The molecule has 2 unspecified atom stereocenters. The molecule has 1 aliphatic rings. The maximum Gasteiger partial charge on any atom is 0.341 e. The zero-order chi connectivity index (χ0) is 19.2. The van der Waals surface area contributed by atoms with Crippen LogP contribution in [0.4, 0.5) is 0 Å². The van der Waals surface area contributed by atoms with Crippen molar-refractivity contribution in [3.8, 4) is 5.06 Å². The van der Waals surface area contributed by atoms with E-state index in [1.807, 2.05) is 29.0 Å². The summed E-state index contributed by atoms with van der Waals surface area (Å²) in [6.45, 7) is 0.0749. The van der Waals surface area contributed by atoms with Gasteiger partial charge in [-0.25, -0.2) is 4.79 Å². The number of likely N-dealkylation sites (tertiary alicyclic amines) is 1. The molecule has 0 aromatic carbocycles. The molecule has 1 saturated heterocycles. The van der Waals surface area contributed by atoms with Crippen molar-refractivity contribution in [1.82, 2.24) is 4.90 Å². The lowest BCUT2D eigenvalue weighted by atomic mass is 10.1. The van der Waals surface area contributed by atoms with Gasteiger partial charge in [-0.05, 0) is 40.9 Å². The fraction of sp³-hybridized carbons (Fsp3) is 0.368. The molecular formula is C19H21NO5S2. The molecule has 1 amide bonds. The van der Waals surface area contributed by atoms with Crippen molar-refractivity contribution >= 4 is 34.6 Å². The van der Waals surface area contributed by atoms with Gasteiger partial charge < -0.3 is 19.8 Å². The molecule has 27 heavy (non-hydrogen) atoms. The summed E-state index contributed by atoms with van der Waals surface area (Å²) in [7, 11) is 0. The van der Waals surface area contributed by atoms with Gasteiger partial charge in [-0.3, -0.25) is 4.79 Å². The number of hydrogen-bond acceptors (Lipinski definition) is 6. The van der Waals surface area contributed by atoms with Crippen LogP contribution in [0.1, 0.15) is 23.3 Å². The largest absolute Gasteiger partial charge is 0.479 e. The van der Waals surface area contributed by atoms with Crippen molar-refractivity contribution < 1.29 is 24.5 Å². The predicted octanol–water partition coefficient (Wildman–Crippen LogP) is 2.92. The highest BCUT2D eigenvalue weighted by Crippen LogP contribution is 2.29. The second-order valence-electron chi connectivity index (χ2n) is 6.32. The zero-order valence-electron chi connectivity index (χ0n) is 14.6. The van der Waals surface area contributed by atoms with E-state index in [4.69, 9.17) is 9.84 Å². The molecule has 2 aromatic rings. The molecule has 0 radical (unpaired) electrons. The number of carbonyl (C=O) groups is 2. The molecular weight excluding hydrogens is 386 g/mol. The van der Waals surface area contributed by atoms with Crippen molar-refractivity contribution in [2.24, 2.45) is 0 Å². The first kappa shape index (κ1) is 19.6. The Morgan fingerprint density at radius 2 is 2.26 bits per heavy atom. The lowest BCUT2D eigenvalue weighted by Crippen LogP contribution is -2.31. The lowest BCUT2D eigenvalue weighted by Gasteiger charge is -2.22. The molecule has 2 aromatic heterocycles. The first-order chi connectivity index (χ1) is 13.0. The number of amides is 1. The Bertz CT molecular complexity index is 799. The third-order valence-electron chi connectivity index (χ3n) is 4.26. The monoisotopic (exact) mass is 407 g/mol. The average Bonchev–Trinajstić information content (AvgIpc) is 3.36. The SMILES string of the molecule is O=C(O)COc1ccc(CN2C(=O)CCC2/C=C/C(O)Cc2ccsc2)s1. The molecule has 3 heterocycles. The summed E-state index contributed by atoms with van der Waals surface area (Å²) in [5.74, 6) is -0.941. The molecule has 0 aliphatic carbocycles. The van der Waals surface area contributed by atoms with Crippen LogP contribution in [0.5, 0.6) is 5.06 Å². The minimum absolute atomic E-state index is 0.0416. The van der Waals surface area contributed by atoms with E-state index in [0.29, 0.717) is 24.4 Å². The molecule has 1 fully saturated rings. The van der Waals surface area contributed by atoms with Gasteiger partial charge >= 0.3 is 5.97 Å². The molecule has 3 rings (SSSR count). The minimum atomic E-state index is -1.02. The number of rotatable bonds is 9. The predicted molar refractivity (Wildman–Crippen MR) is 104 cm³/mol. The molecule has 0 saturated carbocycles. The third kappa shape index (κ3) is 5.66. The van der Waals surface area contributed by atoms with E-state index < -0.39 is 12.1 Å². The van der Waals surface area contributed by atoms with E-state index in [2.05, 4.69) is 0 Å². The highest BCUT2D eigenvalue weighted by atomic mass is 32.1. The lowest BCUT2D eigenvalue weighted by molar-refractivity contribution is -0.139. The smallest absolute Gasteiger partial charge is 0.341 e. The van der Waals surface area contributed by atoms with Gasteiger partial charge in [0.2, 0.25) is 5.91 Å². The number of carboxylic acid groups (broad SMARTS) is 1. The van der Waals surface area contributed by atoms with Gasteiger partial charge in [0.05, 0.1) is 18.7 Å². The highest BCUT2D eigenvalue weighted by Gasteiger charge is 2.29. The molecule has 1 aliphatic heterocycles. The second kappa shape index (κ2) is 9.16. The number of ether oxygens (including phenoxy) is 1. The van der Waals surface area contributed by atoms with E-state index in [1.54, 1.807) is 28.4 Å². The maximum absolute atomic E-state index is 12.2. The van der Waals surface area contributed by atoms with Crippen LogP contribution in [-0.2, 0) is 22.6 Å². The summed E-state index contributed by atoms with van der Waals surface area (Å²) < 4.78 is 5.16. The summed E-state index contributed by atoms with van der Waals surface area (Å²) in [4.78, 5) is 25.5. The summed E-state index contributed by atoms with van der Waals surface area (Å²) in [6.07, 6.45) is 4.89. The van der Waals surface area contributed by atoms with Crippen LogP contribution in [0.15, 0.2) is 41.1 Å². The summed E-state index contributed by atoms with van der Waals surface area (Å²) in [5.41, 5.74) is 1.10. The summed E-state index contributed by atoms with van der Waals surface area (Å²) in [5, 5.41) is 23.4. The molecule has 2 atom stereocenters. The number of hydrogen-bond donors (Lipinski definition) is 2. The van der Waals surface area contributed by atoms with Crippen LogP contribution < -0.4 is 4.74 Å². The summed E-state index contributed by atoms with van der Waals surface area (Å²) in [6, 6.07) is 5.52. The van der Waals surface area contributed by atoms with Crippen molar-refractivity contribution in [1.29, 1.82) is 0 Å². The van der Waals surface area contributed by atoms with Crippen LogP contribution >= 0.6 is 22.7 Å². The highest BCUT2D eigenvalue weighted by molar-refractivity contribution is 7.13. The molecule has 8 heteroatoms. The van der Waals surface area contributed by atoms with E-state index in [9.17, 15) is 14.7 Å². The Labute approximate surface area is 165 Å². The Morgan fingerprint density at radius 1 is 1.41 bits per heavy atom. The second-order valence-corrected chi connectivity index (χ2v) is 8.23. The van der Waals surface area contributed by atoms with E-state index in [-0.39, 0.29) is 18.6 Å². The van der Waals surface area contributed by atoms with E-state index >= 15 is 0 Å². The fourth-order valence-corrected chi connectivity index (χ4v) is 4.49. The Morgan fingerprint density at radius 3 is 3.00 bits per heavy atom. The number of aliphatic hydroxyl groups excluding tert-OH is 1. The van der Waals surface area contributed by atoms with Crippen LogP contribution in [0.3, 0.4) is 0 Å². The molecule has 0 bridgehead atoms. The first-order valence-electron chi connectivity index (χ1n) is 8.61. The first-order valence-corrected chi connectivity index (χ1v) is 10.4. The van der Waals surface area contributed by atoms with Gasteiger partial charge in [-0.1, -0.05) is 12.2 Å². The number of carboxylic acids is 1. The number of thiophene rings is 2. The van der Waals surface area contributed by atoms with Crippen LogP contribution in [-0.4, -0.2) is 45.7 Å². The van der Waals surface area contributed by atoms with Gasteiger partial charge in [0.25, 0.3) is 0 Å². The number of nitrogens with zero attached hydrogens (tertiary/aromatic N) is 1. The number of aliphatic carboxylic acids is 1. The average molecular weight is 408 g/mol. The van der Waals surface area contributed by atoms with Gasteiger partial charge in [-0.2, -0.15) is 11.3 Å². The van der Waals surface area contributed by atoms with Gasteiger partial charge in [0.15, 0.2) is 11.7 Å². The van der Waals surface area contributed by atoms with Crippen LogP contribution in [0.2, 0.25) is 0 Å². The van der Waals surface area contributed by atoms with Crippen molar-refractivity contribution in [2.75, 3.05) is 6.61 Å². The third-order valence-corrected chi connectivity index (χ3v) is 5.97. The molecule has 0 spiro atoms. The molecule has 2 N–H and O–H groups in total. The van der Waals surface area contributed by atoms with E-state index in [0.717, 1.165) is 16.9 Å². The van der Waals surface area contributed by atoms with Crippen LogP contribution in [0.25, 0.3) is 0 Å². The number of aliphatic hydroxyl groups is 1. The topological polar surface area (TPSA) is 87.1 Å². The maximum atomic E-state index is 12.2. The van der Waals surface area contributed by atoms with Gasteiger partial charge in [0, 0.05) is 17.7 Å². The van der Waals surface area contributed by atoms with E-state index in [1.165, 1.54) is 11.3 Å². The summed E-state index contributed by atoms with van der Waals surface area (Å²) >= 11 is 2.95. The van der Waals surface area contributed by atoms with Gasteiger partial charge in [-0.15, -0.1) is 11.3 Å². The Hall–Kier alpha value is -2.16. The fourth-order valence-electron chi connectivity index (χ4n) is 2.96. The van der Waals surface area contributed by atoms with Gasteiger partial charge in [0.1, 0.15) is 0 Å².